The van der Waals surface area contributed by atoms with Gasteiger partial charge >= 0.3 is 6.03 Å². The number of imide groups is 1. The van der Waals surface area contributed by atoms with Gasteiger partial charge in [-0.25, -0.2) is 4.79 Å². The van der Waals surface area contributed by atoms with Crippen LogP contribution in [0.4, 0.5) is 4.79 Å². The molecule has 1 aromatic heterocycles. The average molecular weight is 474 g/mol. The number of nitrogens with one attached hydrogen (secondary N) is 2. The second-order valence-corrected chi connectivity index (χ2v) is 10.7. The topological polar surface area (TPSA) is 78.5 Å². The standard InChI is InChI=1S/C18H24BrN3O3S2/c1-12-4-2-3-7-18(12)16(24)22(17(25)21-18)10-15(23)20-8-9-26-11-13-5-6-14(19)27-13/h5-6,12H,2-4,7-11H2,1H3,(H,20,23)(H,21,25). The van der Waals surface area contributed by atoms with Crippen molar-refractivity contribution in [3.63, 3.8) is 0 Å². The Morgan fingerprint density at radius 1 is 1.44 bits per heavy atom. The Morgan fingerprint density at radius 2 is 2.26 bits per heavy atom. The SMILES string of the molecule is CC1CCCCC12NC(=O)N(CC(=O)NCCSCc1ccc(Br)s1)C2=O. The van der Waals surface area contributed by atoms with E-state index in [1.807, 2.05) is 13.0 Å². The Kier molecular flexibility index (Phi) is 6.86. The van der Waals surface area contributed by atoms with Crippen LogP contribution in [0.3, 0.4) is 0 Å². The highest BCUT2D eigenvalue weighted by Gasteiger charge is 2.55. The number of carbonyl (C=O) groups is 3. The molecule has 148 valence electrons. The van der Waals surface area contributed by atoms with E-state index >= 15 is 0 Å². The van der Waals surface area contributed by atoms with Gasteiger partial charge in [0.05, 0.1) is 3.79 Å². The fraction of sp³-hybridized carbons (Fsp3) is 0.611. The first-order chi connectivity index (χ1) is 12.9. The predicted molar refractivity (Wildman–Crippen MR) is 112 cm³/mol. The van der Waals surface area contributed by atoms with Crippen molar-refractivity contribution >= 4 is 56.9 Å². The molecule has 2 N–H and O–H groups in total. The van der Waals surface area contributed by atoms with Crippen molar-refractivity contribution in [1.29, 1.82) is 0 Å². The summed E-state index contributed by atoms with van der Waals surface area (Å²) in [6.45, 7) is 2.31. The first-order valence-electron chi connectivity index (χ1n) is 9.15. The summed E-state index contributed by atoms with van der Waals surface area (Å²) in [5, 5.41) is 5.68. The van der Waals surface area contributed by atoms with Crippen LogP contribution in [0, 0.1) is 5.92 Å². The van der Waals surface area contributed by atoms with Crippen molar-refractivity contribution < 1.29 is 14.4 Å². The molecule has 1 aromatic rings. The summed E-state index contributed by atoms with van der Waals surface area (Å²) >= 11 is 6.89. The second kappa shape index (κ2) is 8.96. The minimum Gasteiger partial charge on any atom is -0.354 e. The Hall–Kier alpha value is -1.06. The molecule has 1 spiro atoms. The van der Waals surface area contributed by atoms with Crippen molar-refractivity contribution in [2.24, 2.45) is 5.92 Å². The van der Waals surface area contributed by atoms with Gasteiger partial charge < -0.3 is 10.6 Å². The molecule has 0 aromatic carbocycles. The maximum atomic E-state index is 12.8. The third-order valence-corrected chi connectivity index (χ3v) is 8.06. The predicted octanol–water partition coefficient (Wildman–Crippen LogP) is 3.36. The van der Waals surface area contributed by atoms with E-state index in [-0.39, 0.29) is 24.3 Å². The highest BCUT2D eigenvalue weighted by molar-refractivity contribution is 9.11. The lowest BCUT2D eigenvalue weighted by molar-refractivity contribution is -0.137. The highest BCUT2D eigenvalue weighted by Crippen LogP contribution is 2.38. The molecule has 4 amide bonds. The minimum atomic E-state index is -0.805. The fourth-order valence-corrected chi connectivity index (χ4v) is 6.16. The Morgan fingerprint density at radius 3 is 2.96 bits per heavy atom. The maximum Gasteiger partial charge on any atom is 0.325 e. The van der Waals surface area contributed by atoms with Crippen molar-refractivity contribution in [3.05, 3.63) is 20.8 Å². The van der Waals surface area contributed by atoms with Crippen LogP contribution in [-0.2, 0) is 15.3 Å². The molecular formula is C18H24BrN3O3S2. The van der Waals surface area contributed by atoms with Crippen LogP contribution >= 0.6 is 39.0 Å². The molecule has 2 heterocycles. The van der Waals surface area contributed by atoms with Gasteiger partial charge in [-0.2, -0.15) is 11.8 Å². The summed E-state index contributed by atoms with van der Waals surface area (Å²) in [5.41, 5.74) is -0.805. The minimum absolute atomic E-state index is 0.101. The van der Waals surface area contributed by atoms with Gasteiger partial charge in [0.25, 0.3) is 5.91 Å². The van der Waals surface area contributed by atoms with Crippen molar-refractivity contribution in [3.8, 4) is 0 Å². The van der Waals surface area contributed by atoms with Gasteiger partial charge in [0.2, 0.25) is 5.91 Å². The van der Waals surface area contributed by atoms with E-state index in [1.54, 1.807) is 23.1 Å². The van der Waals surface area contributed by atoms with Crippen LogP contribution in [-0.4, -0.2) is 47.1 Å². The van der Waals surface area contributed by atoms with Crippen molar-refractivity contribution in [1.82, 2.24) is 15.5 Å². The highest BCUT2D eigenvalue weighted by atomic mass is 79.9. The zero-order valence-corrected chi connectivity index (χ0v) is 18.5. The summed E-state index contributed by atoms with van der Waals surface area (Å²) in [4.78, 5) is 39.7. The lowest BCUT2D eigenvalue weighted by Crippen LogP contribution is -2.54. The summed E-state index contributed by atoms with van der Waals surface area (Å²) in [7, 11) is 0. The first kappa shape index (κ1) is 20.7. The van der Waals surface area contributed by atoms with E-state index in [0.717, 1.165) is 39.5 Å². The van der Waals surface area contributed by atoms with Crippen molar-refractivity contribution in [2.45, 2.75) is 43.9 Å². The Balaban J connectivity index is 1.42. The van der Waals surface area contributed by atoms with Gasteiger partial charge in [-0.1, -0.05) is 19.8 Å². The van der Waals surface area contributed by atoms with E-state index in [9.17, 15) is 14.4 Å². The second-order valence-electron chi connectivity index (χ2n) is 7.05. The number of hydrogen-bond donors (Lipinski definition) is 2. The number of amides is 4. The van der Waals surface area contributed by atoms with E-state index in [2.05, 4.69) is 32.6 Å². The van der Waals surface area contributed by atoms with Gasteiger partial charge in [-0.05, 0) is 46.8 Å². The molecule has 1 aliphatic heterocycles. The Labute approximate surface area is 176 Å². The molecule has 1 saturated heterocycles. The molecule has 6 nitrogen and oxygen atoms in total. The van der Waals surface area contributed by atoms with Crippen LogP contribution in [0.15, 0.2) is 15.9 Å². The maximum absolute atomic E-state index is 12.8. The molecule has 2 aliphatic rings. The van der Waals surface area contributed by atoms with Gasteiger partial charge in [0, 0.05) is 22.9 Å². The Bertz CT molecular complexity index is 726. The average Bonchev–Trinajstić information content (AvgIpc) is 3.14. The lowest BCUT2D eigenvalue weighted by Gasteiger charge is -2.36. The molecule has 2 unspecified atom stereocenters. The van der Waals surface area contributed by atoms with E-state index < -0.39 is 11.6 Å². The number of carbonyl (C=O) groups excluding carboxylic acids is 3. The number of halogens is 1. The normalized spacial score (nSPS) is 25.1. The van der Waals surface area contributed by atoms with E-state index in [4.69, 9.17) is 0 Å². The largest absolute Gasteiger partial charge is 0.354 e. The number of rotatable bonds is 7. The van der Waals surface area contributed by atoms with Gasteiger partial charge in [-0.3, -0.25) is 14.5 Å². The number of urea groups is 1. The van der Waals surface area contributed by atoms with Crippen molar-refractivity contribution in [2.75, 3.05) is 18.8 Å². The van der Waals surface area contributed by atoms with Gasteiger partial charge in [0.1, 0.15) is 12.1 Å². The molecule has 2 fully saturated rings. The number of nitrogens with zero attached hydrogens (tertiary/aromatic N) is 1. The third kappa shape index (κ3) is 4.68. The zero-order valence-electron chi connectivity index (χ0n) is 15.3. The summed E-state index contributed by atoms with van der Waals surface area (Å²) < 4.78 is 1.12. The van der Waals surface area contributed by atoms with Crippen LogP contribution in [0.5, 0.6) is 0 Å². The van der Waals surface area contributed by atoms with Crippen LogP contribution in [0.2, 0.25) is 0 Å². The first-order valence-corrected chi connectivity index (χ1v) is 11.9. The summed E-state index contributed by atoms with van der Waals surface area (Å²) in [5.74, 6) is 1.25. The fourth-order valence-electron chi connectivity index (χ4n) is 3.70. The number of hydrogen-bond acceptors (Lipinski definition) is 5. The molecule has 27 heavy (non-hydrogen) atoms. The smallest absolute Gasteiger partial charge is 0.325 e. The third-order valence-electron chi connectivity index (χ3n) is 5.24. The van der Waals surface area contributed by atoms with Crippen LogP contribution in [0.1, 0.15) is 37.5 Å². The van der Waals surface area contributed by atoms with E-state index in [0.29, 0.717) is 13.0 Å². The molecule has 0 radical (unpaired) electrons. The number of thiophene rings is 1. The molecule has 9 heteroatoms. The molecule has 2 atom stereocenters. The molecule has 1 aliphatic carbocycles. The summed E-state index contributed by atoms with van der Waals surface area (Å²) in [6.07, 6.45) is 3.58. The quantitative estimate of drug-likeness (QED) is 0.469. The van der Waals surface area contributed by atoms with Gasteiger partial charge in [0.15, 0.2) is 0 Å². The van der Waals surface area contributed by atoms with E-state index in [1.165, 1.54) is 4.88 Å². The monoisotopic (exact) mass is 473 g/mol. The number of thioether (sulfide) groups is 1. The summed E-state index contributed by atoms with van der Waals surface area (Å²) in [6, 6.07) is 3.67. The lowest BCUT2D eigenvalue weighted by atomic mass is 9.73. The molecular weight excluding hydrogens is 450 g/mol. The molecule has 1 saturated carbocycles. The zero-order chi connectivity index (χ0) is 19.4. The van der Waals surface area contributed by atoms with Gasteiger partial charge in [-0.15, -0.1) is 11.3 Å². The molecule has 0 bridgehead atoms. The van der Waals surface area contributed by atoms with Crippen LogP contribution in [0.25, 0.3) is 0 Å². The molecule has 3 rings (SSSR count). The van der Waals surface area contributed by atoms with Crippen LogP contribution < -0.4 is 10.6 Å².